The minimum atomic E-state index is -0.478. The number of nitrogens with zero attached hydrogens (tertiary/aromatic N) is 3. The van der Waals surface area contributed by atoms with Gasteiger partial charge in [0.05, 0.1) is 27.4 Å². The maximum Gasteiger partial charge on any atom is 0.331 e. The van der Waals surface area contributed by atoms with Crippen LogP contribution < -0.4 is 27.2 Å². The molecular formula is C26H27ClN6O4. The third-order valence-electron chi connectivity index (χ3n) is 6.64. The highest BCUT2D eigenvalue weighted by molar-refractivity contribution is 6.32. The van der Waals surface area contributed by atoms with E-state index < -0.39 is 17.5 Å². The summed E-state index contributed by atoms with van der Waals surface area (Å²) in [6.07, 6.45) is 2.01. The Labute approximate surface area is 217 Å². The normalized spacial score (nSPS) is 16.8. The molecule has 0 radical (unpaired) electrons. The Bertz CT molecular complexity index is 1540. The van der Waals surface area contributed by atoms with Gasteiger partial charge >= 0.3 is 11.7 Å². The fraction of sp³-hybridized carbons (Fsp3) is 0.346. The molecule has 1 aromatic heterocycles. The van der Waals surface area contributed by atoms with Crippen LogP contribution in [0.5, 0.6) is 0 Å². The van der Waals surface area contributed by atoms with Gasteiger partial charge in [-0.15, -0.1) is 0 Å². The summed E-state index contributed by atoms with van der Waals surface area (Å²) in [5.74, 6) is -0.717. The molecule has 4 rings (SSSR count). The van der Waals surface area contributed by atoms with E-state index in [1.54, 1.807) is 31.2 Å². The number of fused-ring (bicyclic) bond motifs is 1. The van der Waals surface area contributed by atoms with Gasteiger partial charge in [-0.05, 0) is 63.1 Å². The first kappa shape index (κ1) is 26.0. The minimum Gasteiger partial charge on any atom is -0.334 e. The number of nitriles is 1. The average molecular weight is 523 g/mol. The number of rotatable bonds is 6. The zero-order chi connectivity index (χ0) is 26.7. The largest absolute Gasteiger partial charge is 0.334 e. The number of amides is 3. The molecule has 0 aliphatic heterocycles. The summed E-state index contributed by atoms with van der Waals surface area (Å²) in [6.45, 7) is 4.23. The van der Waals surface area contributed by atoms with Gasteiger partial charge in [0.15, 0.2) is 0 Å². The zero-order valence-electron chi connectivity index (χ0n) is 20.5. The second-order valence-corrected chi connectivity index (χ2v) is 9.25. The molecule has 2 atom stereocenters. The molecule has 0 unspecified atom stereocenters. The van der Waals surface area contributed by atoms with E-state index in [1.165, 1.54) is 21.3 Å². The van der Waals surface area contributed by atoms with Crippen molar-refractivity contribution in [1.82, 2.24) is 14.5 Å². The van der Waals surface area contributed by atoms with Crippen molar-refractivity contribution in [3.05, 3.63) is 67.8 Å². The van der Waals surface area contributed by atoms with Crippen LogP contribution in [0.25, 0.3) is 10.9 Å². The van der Waals surface area contributed by atoms with Crippen LogP contribution in [0.1, 0.15) is 38.7 Å². The Morgan fingerprint density at radius 3 is 2.41 bits per heavy atom. The summed E-state index contributed by atoms with van der Waals surface area (Å²) in [6, 6.07) is 10.6. The molecule has 1 saturated carbocycles. The SMILES string of the molecule is CCn1c(=O)c2cc(NC(=O)[C@@H]3CCC[C@@H]3NC(=O)Nc3ccc(C#N)c(Cl)c3)ccc2n(CC)c1=O. The molecule has 3 N–H and O–H groups in total. The van der Waals surface area contributed by atoms with E-state index in [9.17, 15) is 19.2 Å². The summed E-state index contributed by atoms with van der Waals surface area (Å²) >= 11 is 6.03. The molecule has 37 heavy (non-hydrogen) atoms. The van der Waals surface area contributed by atoms with Crippen LogP contribution in [0.15, 0.2) is 46.0 Å². The fourth-order valence-corrected chi connectivity index (χ4v) is 5.01. The van der Waals surface area contributed by atoms with Gasteiger partial charge in [0.1, 0.15) is 6.07 Å². The number of carbonyl (C=O) groups excluding carboxylic acids is 2. The van der Waals surface area contributed by atoms with Gasteiger partial charge in [-0.25, -0.2) is 9.59 Å². The first-order valence-electron chi connectivity index (χ1n) is 12.1. The summed E-state index contributed by atoms with van der Waals surface area (Å²) in [5, 5.41) is 18.0. The summed E-state index contributed by atoms with van der Waals surface area (Å²) < 4.78 is 2.70. The molecule has 1 aliphatic carbocycles. The summed E-state index contributed by atoms with van der Waals surface area (Å²) in [7, 11) is 0. The molecular weight excluding hydrogens is 496 g/mol. The van der Waals surface area contributed by atoms with Crippen molar-refractivity contribution in [3.8, 4) is 6.07 Å². The molecule has 1 fully saturated rings. The number of carbonyl (C=O) groups is 2. The average Bonchev–Trinajstić information content (AvgIpc) is 3.33. The van der Waals surface area contributed by atoms with Gasteiger partial charge in [0.2, 0.25) is 5.91 Å². The Morgan fingerprint density at radius 2 is 1.73 bits per heavy atom. The molecule has 10 nitrogen and oxygen atoms in total. The Balaban J connectivity index is 1.48. The maximum absolute atomic E-state index is 13.1. The molecule has 0 spiro atoms. The quantitative estimate of drug-likeness (QED) is 0.453. The topological polar surface area (TPSA) is 138 Å². The third kappa shape index (κ3) is 5.22. The molecule has 192 valence electrons. The molecule has 3 amide bonds. The van der Waals surface area contributed by atoms with E-state index >= 15 is 0 Å². The lowest BCUT2D eigenvalue weighted by Gasteiger charge is -2.21. The van der Waals surface area contributed by atoms with Gasteiger partial charge in [-0.3, -0.25) is 18.7 Å². The van der Waals surface area contributed by atoms with Crippen LogP contribution in [-0.4, -0.2) is 27.1 Å². The Morgan fingerprint density at radius 1 is 1.03 bits per heavy atom. The number of aryl methyl sites for hydroxylation is 1. The maximum atomic E-state index is 13.1. The number of hydrogen-bond acceptors (Lipinski definition) is 5. The van der Waals surface area contributed by atoms with Crippen LogP contribution in [0, 0.1) is 17.2 Å². The van der Waals surface area contributed by atoms with Crippen molar-refractivity contribution in [2.45, 2.75) is 52.2 Å². The third-order valence-corrected chi connectivity index (χ3v) is 6.95. The predicted molar refractivity (Wildman–Crippen MR) is 142 cm³/mol. The van der Waals surface area contributed by atoms with Gasteiger partial charge in [0.25, 0.3) is 5.56 Å². The van der Waals surface area contributed by atoms with Crippen LogP contribution in [0.4, 0.5) is 16.2 Å². The lowest BCUT2D eigenvalue weighted by Crippen LogP contribution is -2.43. The first-order valence-corrected chi connectivity index (χ1v) is 12.5. The highest BCUT2D eigenvalue weighted by Crippen LogP contribution is 2.28. The van der Waals surface area contributed by atoms with E-state index in [0.29, 0.717) is 47.2 Å². The second kappa shape index (κ2) is 10.9. The van der Waals surface area contributed by atoms with Crippen LogP contribution in [-0.2, 0) is 17.9 Å². The monoisotopic (exact) mass is 522 g/mol. The van der Waals surface area contributed by atoms with Crippen molar-refractivity contribution in [3.63, 3.8) is 0 Å². The molecule has 2 aromatic carbocycles. The van der Waals surface area contributed by atoms with Crippen molar-refractivity contribution in [1.29, 1.82) is 5.26 Å². The minimum absolute atomic E-state index is 0.232. The molecule has 3 aromatic rings. The number of urea groups is 1. The summed E-state index contributed by atoms with van der Waals surface area (Å²) in [5.41, 5.74) is 0.936. The van der Waals surface area contributed by atoms with Crippen LogP contribution in [0.3, 0.4) is 0 Å². The van der Waals surface area contributed by atoms with Gasteiger partial charge < -0.3 is 16.0 Å². The molecule has 11 heteroatoms. The van der Waals surface area contributed by atoms with Gasteiger partial charge in [-0.1, -0.05) is 18.0 Å². The van der Waals surface area contributed by atoms with E-state index in [1.807, 2.05) is 13.0 Å². The molecule has 1 aliphatic rings. The van der Waals surface area contributed by atoms with Crippen molar-refractivity contribution < 1.29 is 9.59 Å². The first-order chi connectivity index (χ1) is 17.8. The molecule has 0 saturated heterocycles. The van der Waals surface area contributed by atoms with Crippen molar-refractivity contribution in [2.75, 3.05) is 10.6 Å². The van der Waals surface area contributed by atoms with Gasteiger partial charge in [0, 0.05) is 30.5 Å². The van der Waals surface area contributed by atoms with Gasteiger partial charge in [-0.2, -0.15) is 5.26 Å². The number of benzene rings is 2. The fourth-order valence-electron chi connectivity index (χ4n) is 4.79. The number of hydrogen-bond donors (Lipinski definition) is 3. The van der Waals surface area contributed by atoms with E-state index in [2.05, 4.69) is 16.0 Å². The Kier molecular flexibility index (Phi) is 7.64. The number of anilines is 2. The smallest absolute Gasteiger partial charge is 0.331 e. The van der Waals surface area contributed by atoms with Crippen LogP contribution in [0.2, 0.25) is 5.02 Å². The highest BCUT2D eigenvalue weighted by Gasteiger charge is 2.34. The molecule has 1 heterocycles. The van der Waals surface area contributed by atoms with Crippen molar-refractivity contribution in [2.24, 2.45) is 5.92 Å². The van der Waals surface area contributed by atoms with Crippen LogP contribution >= 0.6 is 11.6 Å². The Hall–Kier alpha value is -4.10. The lowest BCUT2D eigenvalue weighted by atomic mass is 10.0. The number of halogens is 1. The van der Waals surface area contributed by atoms with E-state index in [-0.39, 0.29) is 29.2 Å². The van der Waals surface area contributed by atoms with E-state index in [0.717, 1.165) is 6.42 Å². The standard InChI is InChI=1S/C26H27ClN6O4/c1-3-32-22-11-10-16(12-19(22)24(35)33(4-2)26(32)37)29-23(34)18-6-5-7-21(18)31-25(36)30-17-9-8-15(14-28)20(27)13-17/h8-13,18,21H,3-7H2,1-2H3,(H,29,34)(H2,30,31,36)/t18-,21+/m1/s1. The highest BCUT2D eigenvalue weighted by atomic mass is 35.5. The lowest BCUT2D eigenvalue weighted by molar-refractivity contribution is -0.120. The predicted octanol–water partition coefficient (Wildman–Crippen LogP) is 3.66. The number of aromatic nitrogens is 2. The van der Waals surface area contributed by atoms with E-state index in [4.69, 9.17) is 16.9 Å². The molecule has 0 bridgehead atoms. The zero-order valence-corrected chi connectivity index (χ0v) is 21.3. The summed E-state index contributed by atoms with van der Waals surface area (Å²) in [4.78, 5) is 51.2. The van der Waals surface area contributed by atoms with Crippen molar-refractivity contribution >= 4 is 45.8 Å². The number of nitrogens with one attached hydrogen (secondary N) is 3. The second-order valence-electron chi connectivity index (χ2n) is 8.85.